The van der Waals surface area contributed by atoms with Gasteiger partial charge in [0.25, 0.3) is 0 Å². The second-order valence-corrected chi connectivity index (χ2v) is 7.87. The fourth-order valence-corrected chi connectivity index (χ4v) is 3.79. The van der Waals surface area contributed by atoms with Crippen molar-refractivity contribution in [1.29, 1.82) is 0 Å². The first-order valence-corrected chi connectivity index (χ1v) is 10.9. The van der Waals surface area contributed by atoms with E-state index in [1.807, 2.05) is 60.0 Å². The molecule has 0 atom stereocenters. The SMILES string of the molecule is CCOc1ccc(-n2c(SCC(=O)NC3CC3)nnc2-c2cccc(OC)c2)cc1. The van der Waals surface area contributed by atoms with Gasteiger partial charge < -0.3 is 14.8 Å². The molecule has 1 aromatic heterocycles. The molecule has 0 bridgehead atoms. The first-order valence-electron chi connectivity index (χ1n) is 9.93. The van der Waals surface area contributed by atoms with Crippen molar-refractivity contribution in [2.24, 2.45) is 0 Å². The summed E-state index contributed by atoms with van der Waals surface area (Å²) in [4.78, 5) is 12.2. The molecule has 1 N–H and O–H groups in total. The predicted molar refractivity (Wildman–Crippen MR) is 116 cm³/mol. The highest BCUT2D eigenvalue weighted by molar-refractivity contribution is 7.99. The molecule has 2 aromatic carbocycles. The standard InChI is InChI=1S/C22H24N4O3S/c1-3-29-18-11-9-17(10-12-18)26-21(15-5-4-6-19(13-15)28-2)24-25-22(26)30-14-20(27)23-16-7-8-16/h4-6,9-13,16H,3,7-8,14H2,1-2H3,(H,23,27). The number of benzene rings is 2. The monoisotopic (exact) mass is 424 g/mol. The van der Waals surface area contributed by atoms with Crippen LogP contribution in [0, 0.1) is 0 Å². The van der Waals surface area contributed by atoms with Gasteiger partial charge in [0.2, 0.25) is 5.91 Å². The van der Waals surface area contributed by atoms with Crippen LogP contribution in [-0.2, 0) is 4.79 Å². The maximum absolute atomic E-state index is 12.2. The quantitative estimate of drug-likeness (QED) is 0.528. The van der Waals surface area contributed by atoms with Gasteiger partial charge in [0.1, 0.15) is 11.5 Å². The van der Waals surface area contributed by atoms with E-state index in [0.29, 0.717) is 29.4 Å². The Hall–Kier alpha value is -3.00. The van der Waals surface area contributed by atoms with E-state index in [-0.39, 0.29) is 5.91 Å². The van der Waals surface area contributed by atoms with Crippen molar-refractivity contribution in [3.8, 4) is 28.6 Å². The van der Waals surface area contributed by atoms with E-state index >= 15 is 0 Å². The Labute approximate surface area is 179 Å². The molecule has 1 amide bonds. The van der Waals surface area contributed by atoms with Crippen LogP contribution in [0.25, 0.3) is 17.1 Å². The predicted octanol–water partition coefficient (Wildman–Crippen LogP) is 3.71. The van der Waals surface area contributed by atoms with Crippen molar-refractivity contribution in [2.75, 3.05) is 19.5 Å². The Morgan fingerprint density at radius 2 is 1.97 bits per heavy atom. The molecule has 7 nitrogen and oxygen atoms in total. The van der Waals surface area contributed by atoms with Crippen LogP contribution in [0.4, 0.5) is 0 Å². The van der Waals surface area contributed by atoms with Gasteiger partial charge in [-0.1, -0.05) is 23.9 Å². The molecule has 30 heavy (non-hydrogen) atoms. The number of ether oxygens (including phenoxy) is 2. The third-order valence-electron chi connectivity index (χ3n) is 4.64. The van der Waals surface area contributed by atoms with E-state index in [0.717, 1.165) is 35.6 Å². The average molecular weight is 425 g/mol. The lowest BCUT2D eigenvalue weighted by Gasteiger charge is -2.12. The Morgan fingerprint density at radius 1 is 1.17 bits per heavy atom. The number of nitrogens with one attached hydrogen (secondary N) is 1. The van der Waals surface area contributed by atoms with E-state index in [2.05, 4.69) is 15.5 Å². The lowest BCUT2D eigenvalue weighted by atomic mass is 10.2. The van der Waals surface area contributed by atoms with Crippen LogP contribution in [0.5, 0.6) is 11.5 Å². The van der Waals surface area contributed by atoms with E-state index in [1.165, 1.54) is 11.8 Å². The van der Waals surface area contributed by atoms with Crippen molar-refractivity contribution >= 4 is 17.7 Å². The Kier molecular flexibility index (Phi) is 6.23. The zero-order valence-corrected chi connectivity index (χ0v) is 17.8. The van der Waals surface area contributed by atoms with Crippen LogP contribution in [0.2, 0.25) is 0 Å². The molecule has 0 saturated heterocycles. The van der Waals surface area contributed by atoms with Gasteiger partial charge in [-0.2, -0.15) is 0 Å². The Balaban J connectivity index is 1.66. The van der Waals surface area contributed by atoms with Crippen molar-refractivity contribution < 1.29 is 14.3 Å². The summed E-state index contributed by atoms with van der Waals surface area (Å²) in [5.41, 5.74) is 1.77. The van der Waals surface area contributed by atoms with Gasteiger partial charge in [-0.05, 0) is 56.2 Å². The van der Waals surface area contributed by atoms with Crippen LogP contribution in [-0.4, -0.2) is 46.2 Å². The van der Waals surface area contributed by atoms with Crippen molar-refractivity contribution in [3.05, 3.63) is 48.5 Å². The Bertz CT molecular complexity index is 1020. The molecule has 156 valence electrons. The molecule has 0 unspecified atom stereocenters. The average Bonchev–Trinajstić information content (AvgIpc) is 3.48. The largest absolute Gasteiger partial charge is 0.497 e. The summed E-state index contributed by atoms with van der Waals surface area (Å²) in [5.74, 6) is 2.54. The third kappa shape index (κ3) is 4.76. The number of carbonyl (C=O) groups is 1. The molecule has 1 fully saturated rings. The molecule has 1 heterocycles. The fourth-order valence-electron chi connectivity index (χ4n) is 3.03. The van der Waals surface area contributed by atoms with Gasteiger partial charge in [0, 0.05) is 17.3 Å². The molecular formula is C22H24N4O3S. The smallest absolute Gasteiger partial charge is 0.230 e. The molecule has 1 saturated carbocycles. The normalized spacial score (nSPS) is 13.1. The van der Waals surface area contributed by atoms with Crippen LogP contribution >= 0.6 is 11.8 Å². The number of nitrogens with zero attached hydrogens (tertiary/aromatic N) is 3. The lowest BCUT2D eigenvalue weighted by Crippen LogP contribution is -2.27. The number of methoxy groups -OCH3 is 1. The van der Waals surface area contributed by atoms with Gasteiger partial charge >= 0.3 is 0 Å². The molecule has 3 aromatic rings. The second kappa shape index (κ2) is 9.21. The van der Waals surface area contributed by atoms with Crippen molar-refractivity contribution in [2.45, 2.75) is 31.0 Å². The molecule has 8 heteroatoms. The van der Waals surface area contributed by atoms with Crippen LogP contribution in [0.15, 0.2) is 53.7 Å². The first-order chi connectivity index (χ1) is 14.7. The van der Waals surface area contributed by atoms with Gasteiger partial charge in [-0.25, -0.2) is 0 Å². The number of carbonyl (C=O) groups excluding carboxylic acids is 1. The number of aromatic nitrogens is 3. The number of hydrogen-bond acceptors (Lipinski definition) is 6. The fraction of sp³-hybridized carbons (Fsp3) is 0.318. The van der Waals surface area contributed by atoms with Crippen molar-refractivity contribution in [1.82, 2.24) is 20.1 Å². The highest BCUT2D eigenvalue weighted by Gasteiger charge is 2.24. The zero-order valence-electron chi connectivity index (χ0n) is 17.0. The lowest BCUT2D eigenvalue weighted by molar-refractivity contribution is -0.118. The van der Waals surface area contributed by atoms with E-state index in [1.54, 1.807) is 7.11 Å². The highest BCUT2D eigenvalue weighted by atomic mass is 32.2. The molecule has 0 radical (unpaired) electrons. The number of thioether (sulfide) groups is 1. The molecule has 4 rings (SSSR count). The van der Waals surface area contributed by atoms with Gasteiger partial charge in [0.05, 0.1) is 19.5 Å². The van der Waals surface area contributed by atoms with Gasteiger partial charge in [-0.3, -0.25) is 9.36 Å². The summed E-state index contributed by atoms with van der Waals surface area (Å²) < 4.78 is 12.9. The highest BCUT2D eigenvalue weighted by Crippen LogP contribution is 2.30. The van der Waals surface area contributed by atoms with Gasteiger partial charge in [0.15, 0.2) is 11.0 Å². The molecule has 1 aliphatic rings. The molecule has 0 spiro atoms. The zero-order chi connectivity index (χ0) is 20.9. The maximum atomic E-state index is 12.2. The summed E-state index contributed by atoms with van der Waals surface area (Å²) in [6.07, 6.45) is 2.14. The summed E-state index contributed by atoms with van der Waals surface area (Å²) in [6.45, 7) is 2.56. The van der Waals surface area contributed by atoms with E-state index in [4.69, 9.17) is 9.47 Å². The minimum absolute atomic E-state index is 0.0201. The minimum atomic E-state index is 0.0201. The van der Waals surface area contributed by atoms with Gasteiger partial charge in [-0.15, -0.1) is 10.2 Å². The summed E-state index contributed by atoms with van der Waals surface area (Å²) in [6, 6.07) is 15.8. The number of hydrogen-bond donors (Lipinski definition) is 1. The molecule has 0 aliphatic heterocycles. The van der Waals surface area contributed by atoms with Crippen LogP contribution in [0.1, 0.15) is 19.8 Å². The van der Waals surface area contributed by atoms with E-state index in [9.17, 15) is 4.79 Å². The maximum Gasteiger partial charge on any atom is 0.230 e. The first kappa shape index (κ1) is 20.3. The topological polar surface area (TPSA) is 78.3 Å². The molecule has 1 aliphatic carbocycles. The number of rotatable bonds is 9. The summed E-state index contributed by atoms with van der Waals surface area (Å²) in [5, 5.41) is 12.5. The Morgan fingerprint density at radius 3 is 2.67 bits per heavy atom. The summed E-state index contributed by atoms with van der Waals surface area (Å²) in [7, 11) is 1.63. The summed E-state index contributed by atoms with van der Waals surface area (Å²) >= 11 is 1.37. The van der Waals surface area contributed by atoms with Crippen LogP contribution in [0.3, 0.4) is 0 Å². The third-order valence-corrected chi connectivity index (χ3v) is 5.57. The second-order valence-electron chi connectivity index (χ2n) is 6.93. The number of amides is 1. The molecular weight excluding hydrogens is 400 g/mol. The van der Waals surface area contributed by atoms with E-state index < -0.39 is 0 Å². The van der Waals surface area contributed by atoms with Crippen molar-refractivity contribution in [3.63, 3.8) is 0 Å². The minimum Gasteiger partial charge on any atom is -0.497 e. The van der Waals surface area contributed by atoms with Crippen LogP contribution < -0.4 is 14.8 Å².